The van der Waals surface area contributed by atoms with E-state index in [2.05, 4.69) is 10.6 Å². The highest BCUT2D eigenvalue weighted by molar-refractivity contribution is 6.35. The van der Waals surface area contributed by atoms with Gasteiger partial charge >= 0.3 is 12.0 Å². The monoisotopic (exact) mass is 318 g/mol. The highest BCUT2D eigenvalue weighted by atomic mass is 35.5. The Morgan fingerprint density at radius 2 is 1.85 bits per heavy atom. The quantitative estimate of drug-likeness (QED) is 0.773. The number of carbonyl (C=O) groups excluding carboxylic acids is 1. The zero-order valence-electron chi connectivity index (χ0n) is 11.2. The molecule has 0 unspecified atom stereocenters. The van der Waals surface area contributed by atoms with Crippen LogP contribution in [0.5, 0.6) is 0 Å². The van der Waals surface area contributed by atoms with Crippen LogP contribution in [0.15, 0.2) is 18.2 Å². The van der Waals surface area contributed by atoms with Crippen LogP contribution in [0.3, 0.4) is 0 Å². The van der Waals surface area contributed by atoms with Crippen LogP contribution in [-0.4, -0.2) is 22.6 Å². The van der Waals surface area contributed by atoms with E-state index in [1.165, 1.54) is 6.07 Å². The summed E-state index contributed by atoms with van der Waals surface area (Å²) in [5.41, 5.74) is -0.974. The lowest BCUT2D eigenvalue weighted by Gasteiger charge is -2.28. The molecule has 0 radical (unpaired) electrons. The van der Waals surface area contributed by atoms with E-state index < -0.39 is 17.5 Å². The Morgan fingerprint density at radius 1 is 1.25 bits per heavy atom. The SMILES string of the molecule is CCC(CC)(NC(=O)Nc1cc(Cl)ccc1Cl)C(=O)O. The van der Waals surface area contributed by atoms with Gasteiger partial charge in [0.25, 0.3) is 0 Å². The molecule has 0 aliphatic carbocycles. The first-order valence-corrected chi connectivity index (χ1v) is 6.88. The van der Waals surface area contributed by atoms with E-state index in [9.17, 15) is 14.7 Å². The van der Waals surface area contributed by atoms with Crippen LogP contribution in [0, 0.1) is 0 Å². The fourth-order valence-corrected chi connectivity index (χ4v) is 2.08. The molecule has 0 spiro atoms. The number of halogens is 2. The number of rotatable bonds is 5. The van der Waals surface area contributed by atoms with E-state index in [-0.39, 0.29) is 12.8 Å². The molecule has 20 heavy (non-hydrogen) atoms. The number of anilines is 1. The van der Waals surface area contributed by atoms with E-state index in [0.29, 0.717) is 15.7 Å². The molecule has 5 nitrogen and oxygen atoms in total. The van der Waals surface area contributed by atoms with Crippen molar-refractivity contribution >= 4 is 40.9 Å². The molecule has 3 N–H and O–H groups in total. The van der Waals surface area contributed by atoms with Crippen molar-refractivity contribution in [3.05, 3.63) is 28.2 Å². The second-order valence-electron chi connectivity index (χ2n) is 4.30. The number of carboxylic acid groups (broad SMARTS) is 1. The van der Waals surface area contributed by atoms with Crippen molar-refractivity contribution in [1.82, 2.24) is 5.32 Å². The first-order chi connectivity index (χ1) is 9.34. The lowest BCUT2D eigenvalue weighted by atomic mass is 9.93. The third kappa shape index (κ3) is 3.77. The third-order valence-electron chi connectivity index (χ3n) is 3.15. The van der Waals surface area contributed by atoms with Crippen molar-refractivity contribution in [3.8, 4) is 0 Å². The van der Waals surface area contributed by atoms with E-state index in [1.54, 1.807) is 26.0 Å². The summed E-state index contributed by atoms with van der Waals surface area (Å²) < 4.78 is 0. The fraction of sp³-hybridized carbons (Fsp3) is 0.385. The Labute approximate surface area is 127 Å². The highest BCUT2D eigenvalue weighted by Crippen LogP contribution is 2.25. The Morgan fingerprint density at radius 3 is 2.35 bits per heavy atom. The second kappa shape index (κ2) is 6.81. The Kier molecular flexibility index (Phi) is 5.65. The minimum absolute atomic E-state index is 0.273. The van der Waals surface area contributed by atoms with E-state index >= 15 is 0 Å². The molecule has 110 valence electrons. The largest absolute Gasteiger partial charge is 0.480 e. The summed E-state index contributed by atoms with van der Waals surface area (Å²) in [6.07, 6.45) is 0.547. The van der Waals surface area contributed by atoms with Gasteiger partial charge in [0.1, 0.15) is 5.54 Å². The predicted molar refractivity (Wildman–Crippen MR) is 79.6 cm³/mol. The molecule has 1 aromatic carbocycles. The van der Waals surface area contributed by atoms with E-state index in [4.69, 9.17) is 23.2 Å². The van der Waals surface area contributed by atoms with Crippen LogP contribution in [0.4, 0.5) is 10.5 Å². The lowest BCUT2D eigenvalue weighted by Crippen LogP contribution is -2.55. The molecule has 0 saturated heterocycles. The molecule has 0 bridgehead atoms. The normalized spacial score (nSPS) is 11.0. The van der Waals surface area contributed by atoms with Gasteiger partial charge in [0.2, 0.25) is 0 Å². The Balaban J connectivity index is 2.86. The minimum Gasteiger partial charge on any atom is -0.480 e. The van der Waals surface area contributed by atoms with Gasteiger partial charge in [-0.2, -0.15) is 0 Å². The molecule has 7 heteroatoms. The third-order valence-corrected chi connectivity index (χ3v) is 3.71. The molecule has 0 aliphatic heterocycles. The van der Waals surface area contributed by atoms with Crippen LogP contribution in [0.25, 0.3) is 0 Å². The van der Waals surface area contributed by atoms with Gasteiger partial charge in [-0.1, -0.05) is 37.0 Å². The summed E-state index contributed by atoms with van der Waals surface area (Å²) in [5.74, 6) is -1.07. The highest BCUT2D eigenvalue weighted by Gasteiger charge is 2.36. The molecule has 1 rings (SSSR count). The lowest BCUT2D eigenvalue weighted by molar-refractivity contribution is -0.144. The van der Waals surface area contributed by atoms with Gasteiger partial charge < -0.3 is 15.7 Å². The number of hydrogen-bond acceptors (Lipinski definition) is 2. The van der Waals surface area contributed by atoms with Crippen LogP contribution in [0.1, 0.15) is 26.7 Å². The zero-order valence-corrected chi connectivity index (χ0v) is 12.7. The first kappa shape index (κ1) is 16.6. The van der Waals surface area contributed by atoms with E-state index in [0.717, 1.165) is 0 Å². The summed E-state index contributed by atoms with van der Waals surface area (Å²) in [4.78, 5) is 23.2. The predicted octanol–water partition coefficient (Wildman–Crippen LogP) is 3.76. The van der Waals surface area contributed by atoms with E-state index in [1.807, 2.05) is 0 Å². The number of nitrogens with one attached hydrogen (secondary N) is 2. The average molecular weight is 319 g/mol. The van der Waals surface area contributed by atoms with Crippen LogP contribution >= 0.6 is 23.2 Å². The summed E-state index contributed by atoms with van der Waals surface area (Å²) >= 11 is 11.7. The number of benzene rings is 1. The molecule has 0 aromatic heterocycles. The van der Waals surface area contributed by atoms with Gasteiger partial charge in [0, 0.05) is 5.02 Å². The van der Waals surface area contributed by atoms with Crippen LogP contribution < -0.4 is 10.6 Å². The topological polar surface area (TPSA) is 78.4 Å². The van der Waals surface area contributed by atoms with Crippen molar-refractivity contribution in [3.63, 3.8) is 0 Å². The molecule has 2 amide bonds. The van der Waals surface area contributed by atoms with Crippen LogP contribution in [-0.2, 0) is 4.79 Å². The number of aliphatic carboxylic acids is 1. The maximum Gasteiger partial charge on any atom is 0.329 e. The maximum absolute atomic E-state index is 11.9. The number of urea groups is 1. The van der Waals surface area contributed by atoms with Gasteiger partial charge in [-0.05, 0) is 31.0 Å². The summed E-state index contributed by atoms with van der Waals surface area (Å²) in [7, 11) is 0. The minimum atomic E-state index is -1.30. The maximum atomic E-state index is 11.9. The summed E-state index contributed by atoms with van der Waals surface area (Å²) in [6.45, 7) is 3.40. The summed E-state index contributed by atoms with van der Waals surface area (Å²) in [5, 5.41) is 15.0. The first-order valence-electron chi connectivity index (χ1n) is 6.12. The van der Waals surface area contributed by atoms with Crippen molar-refractivity contribution in [1.29, 1.82) is 0 Å². The molecule has 1 aromatic rings. The molecule has 0 fully saturated rings. The Hall–Kier alpha value is -1.46. The standard InChI is InChI=1S/C13H16Cl2N2O3/c1-3-13(4-2,11(18)19)17-12(20)16-10-7-8(14)5-6-9(10)15/h5-7H,3-4H2,1-2H3,(H,18,19)(H2,16,17,20). The molecular weight excluding hydrogens is 303 g/mol. The number of carbonyl (C=O) groups is 2. The molecular formula is C13H16Cl2N2O3. The molecule has 0 heterocycles. The van der Waals surface area contributed by atoms with Crippen LogP contribution in [0.2, 0.25) is 10.0 Å². The molecule has 0 atom stereocenters. The van der Waals surface area contributed by atoms with Crippen molar-refractivity contribution < 1.29 is 14.7 Å². The van der Waals surface area contributed by atoms with Gasteiger partial charge in [-0.25, -0.2) is 9.59 Å². The zero-order chi connectivity index (χ0) is 15.3. The van der Waals surface area contributed by atoms with Crippen molar-refractivity contribution in [2.45, 2.75) is 32.2 Å². The Bertz CT molecular complexity index is 516. The second-order valence-corrected chi connectivity index (χ2v) is 5.14. The number of amides is 2. The summed E-state index contributed by atoms with van der Waals surface area (Å²) in [6, 6.07) is 3.99. The van der Waals surface area contributed by atoms with Gasteiger partial charge in [-0.3, -0.25) is 0 Å². The molecule has 0 saturated carbocycles. The molecule has 0 aliphatic rings. The average Bonchev–Trinajstić information content (AvgIpc) is 2.40. The number of carboxylic acids is 1. The van der Waals surface area contributed by atoms with Gasteiger partial charge in [0.15, 0.2) is 0 Å². The number of hydrogen-bond donors (Lipinski definition) is 3. The van der Waals surface area contributed by atoms with Gasteiger partial charge in [0.05, 0.1) is 10.7 Å². The van der Waals surface area contributed by atoms with Crippen molar-refractivity contribution in [2.75, 3.05) is 5.32 Å². The fourth-order valence-electron chi connectivity index (χ4n) is 1.75. The smallest absolute Gasteiger partial charge is 0.329 e. The van der Waals surface area contributed by atoms with Gasteiger partial charge in [-0.15, -0.1) is 0 Å². The van der Waals surface area contributed by atoms with Crippen molar-refractivity contribution in [2.24, 2.45) is 0 Å².